The van der Waals surface area contributed by atoms with Crippen LogP contribution in [-0.2, 0) is 16.1 Å². The molecule has 1 rings (SSSR count). The van der Waals surface area contributed by atoms with E-state index in [4.69, 9.17) is 0 Å². The van der Waals surface area contributed by atoms with E-state index in [1.165, 1.54) is 24.7 Å². The Morgan fingerprint density at radius 2 is 2.00 bits per heavy atom. The second-order valence-corrected chi connectivity index (χ2v) is 4.91. The number of hydrogen-bond donors (Lipinski definition) is 1. The van der Waals surface area contributed by atoms with Crippen molar-refractivity contribution in [1.29, 1.82) is 0 Å². The van der Waals surface area contributed by atoms with Crippen LogP contribution in [0.2, 0.25) is 0 Å². The third-order valence-corrected chi connectivity index (χ3v) is 3.45. The highest BCUT2D eigenvalue weighted by Crippen LogP contribution is 2.18. The molecule has 0 saturated carbocycles. The lowest BCUT2D eigenvalue weighted by atomic mass is 9.98. The van der Waals surface area contributed by atoms with E-state index >= 15 is 0 Å². The zero-order valence-electron chi connectivity index (χ0n) is 12.2. The van der Waals surface area contributed by atoms with E-state index in [0.717, 1.165) is 19.5 Å². The van der Waals surface area contributed by atoms with Crippen LogP contribution in [0.3, 0.4) is 0 Å². The van der Waals surface area contributed by atoms with E-state index < -0.39 is 0 Å². The molecule has 1 aromatic rings. The number of methoxy groups -OCH3 is 1. The van der Waals surface area contributed by atoms with Gasteiger partial charge in [-0.2, -0.15) is 0 Å². The zero-order chi connectivity index (χ0) is 14.1. The standard InChI is InChI=1S/C16H25NO2/c1-4-13(2)15-9-7-14(8-10-15)12-17-11-5-6-16(18)19-3/h7-10,13,17H,4-6,11-12H2,1-3H3. The molecule has 0 aliphatic rings. The predicted octanol–water partition coefficient (Wildman–Crippen LogP) is 3.24. The topological polar surface area (TPSA) is 38.3 Å². The quantitative estimate of drug-likeness (QED) is 0.578. The van der Waals surface area contributed by atoms with E-state index in [1.54, 1.807) is 0 Å². The van der Waals surface area contributed by atoms with Crippen LogP contribution in [0.25, 0.3) is 0 Å². The summed E-state index contributed by atoms with van der Waals surface area (Å²) in [4.78, 5) is 10.9. The Labute approximate surface area is 116 Å². The Bertz CT molecular complexity index is 373. The van der Waals surface area contributed by atoms with Crippen molar-refractivity contribution in [2.24, 2.45) is 0 Å². The lowest BCUT2D eigenvalue weighted by Crippen LogP contribution is -2.16. The van der Waals surface area contributed by atoms with Crippen LogP contribution in [0.15, 0.2) is 24.3 Å². The maximum atomic E-state index is 10.9. The van der Waals surface area contributed by atoms with Crippen molar-refractivity contribution >= 4 is 5.97 Å². The molecule has 0 fully saturated rings. The molecule has 0 aliphatic carbocycles. The monoisotopic (exact) mass is 263 g/mol. The number of carbonyl (C=O) groups excluding carboxylic acids is 1. The fraction of sp³-hybridized carbons (Fsp3) is 0.562. The number of esters is 1. The van der Waals surface area contributed by atoms with Gasteiger partial charge >= 0.3 is 5.97 Å². The number of benzene rings is 1. The first kappa shape index (κ1) is 15.7. The molecule has 0 aromatic heterocycles. The average molecular weight is 263 g/mol. The minimum atomic E-state index is -0.139. The normalized spacial score (nSPS) is 12.2. The molecule has 0 heterocycles. The van der Waals surface area contributed by atoms with Crippen LogP contribution in [0.4, 0.5) is 0 Å². The van der Waals surface area contributed by atoms with Gasteiger partial charge in [0.1, 0.15) is 0 Å². The summed E-state index contributed by atoms with van der Waals surface area (Å²) in [6.45, 7) is 6.14. The molecule has 1 atom stereocenters. The molecule has 1 aromatic carbocycles. The molecule has 19 heavy (non-hydrogen) atoms. The molecule has 106 valence electrons. The fourth-order valence-electron chi connectivity index (χ4n) is 1.89. The van der Waals surface area contributed by atoms with E-state index in [-0.39, 0.29) is 5.97 Å². The van der Waals surface area contributed by atoms with Gasteiger partial charge in [-0.25, -0.2) is 0 Å². The summed E-state index contributed by atoms with van der Waals surface area (Å²) in [5.41, 5.74) is 2.68. The van der Waals surface area contributed by atoms with Crippen LogP contribution >= 0.6 is 0 Å². The van der Waals surface area contributed by atoms with Crippen LogP contribution in [0.1, 0.15) is 50.2 Å². The summed E-state index contributed by atoms with van der Waals surface area (Å²) in [7, 11) is 1.43. The first-order valence-electron chi connectivity index (χ1n) is 7.03. The molecule has 0 spiro atoms. The highest BCUT2D eigenvalue weighted by molar-refractivity contribution is 5.69. The lowest BCUT2D eigenvalue weighted by Gasteiger charge is -2.10. The highest BCUT2D eigenvalue weighted by atomic mass is 16.5. The molecule has 1 N–H and O–H groups in total. The molecule has 0 saturated heterocycles. The Balaban J connectivity index is 2.25. The molecule has 1 unspecified atom stereocenters. The first-order valence-corrected chi connectivity index (χ1v) is 7.03. The first-order chi connectivity index (χ1) is 9.17. The third-order valence-electron chi connectivity index (χ3n) is 3.45. The summed E-state index contributed by atoms with van der Waals surface area (Å²) < 4.78 is 4.59. The van der Waals surface area contributed by atoms with Gasteiger partial charge in [-0.3, -0.25) is 4.79 Å². The van der Waals surface area contributed by atoms with E-state index in [0.29, 0.717) is 12.3 Å². The molecule has 3 heteroatoms. The van der Waals surface area contributed by atoms with Crippen molar-refractivity contribution < 1.29 is 9.53 Å². The van der Waals surface area contributed by atoms with Gasteiger partial charge in [0, 0.05) is 13.0 Å². The SMILES string of the molecule is CCC(C)c1ccc(CNCCCC(=O)OC)cc1. The number of hydrogen-bond acceptors (Lipinski definition) is 3. The Morgan fingerprint density at radius 1 is 1.32 bits per heavy atom. The summed E-state index contributed by atoms with van der Waals surface area (Å²) in [6.07, 6.45) is 2.47. The van der Waals surface area contributed by atoms with Crippen molar-refractivity contribution in [3.8, 4) is 0 Å². The molecule has 3 nitrogen and oxygen atoms in total. The van der Waals surface area contributed by atoms with Crippen molar-refractivity contribution in [2.45, 2.75) is 45.6 Å². The maximum Gasteiger partial charge on any atom is 0.305 e. The van der Waals surface area contributed by atoms with Gasteiger partial charge in [-0.05, 0) is 36.4 Å². The number of carbonyl (C=O) groups is 1. The van der Waals surface area contributed by atoms with Gasteiger partial charge in [-0.1, -0.05) is 38.1 Å². The molecular weight excluding hydrogens is 238 g/mol. The van der Waals surface area contributed by atoms with Crippen LogP contribution in [-0.4, -0.2) is 19.6 Å². The van der Waals surface area contributed by atoms with Crippen LogP contribution < -0.4 is 5.32 Å². The average Bonchev–Trinajstić information content (AvgIpc) is 2.46. The van der Waals surface area contributed by atoms with Crippen molar-refractivity contribution in [3.05, 3.63) is 35.4 Å². The summed E-state index contributed by atoms with van der Waals surface area (Å²) in [5, 5.41) is 3.34. The number of rotatable bonds is 8. The van der Waals surface area contributed by atoms with E-state index in [2.05, 4.69) is 48.2 Å². The maximum absolute atomic E-state index is 10.9. The molecule has 0 aliphatic heterocycles. The Kier molecular flexibility index (Phi) is 7.19. The molecule has 0 radical (unpaired) electrons. The largest absolute Gasteiger partial charge is 0.469 e. The predicted molar refractivity (Wildman–Crippen MR) is 78.1 cm³/mol. The van der Waals surface area contributed by atoms with Crippen LogP contribution in [0, 0.1) is 0 Å². The van der Waals surface area contributed by atoms with Crippen molar-refractivity contribution in [1.82, 2.24) is 5.32 Å². The van der Waals surface area contributed by atoms with Gasteiger partial charge < -0.3 is 10.1 Å². The summed E-state index contributed by atoms with van der Waals surface area (Å²) in [6, 6.07) is 8.77. The molecule has 0 bridgehead atoms. The lowest BCUT2D eigenvalue weighted by molar-refractivity contribution is -0.140. The Morgan fingerprint density at radius 3 is 2.58 bits per heavy atom. The van der Waals surface area contributed by atoms with Gasteiger partial charge in [0.05, 0.1) is 7.11 Å². The van der Waals surface area contributed by atoms with Gasteiger partial charge in [0.25, 0.3) is 0 Å². The second kappa shape index (κ2) is 8.70. The van der Waals surface area contributed by atoms with Gasteiger partial charge in [0.15, 0.2) is 0 Å². The van der Waals surface area contributed by atoms with Gasteiger partial charge in [0.2, 0.25) is 0 Å². The van der Waals surface area contributed by atoms with E-state index in [1.807, 2.05) is 0 Å². The molecule has 0 amide bonds. The summed E-state index contributed by atoms with van der Waals surface area (Å²) >= 11 is 0. The third kappa shape index (κ3) is 5.88. The number of ether oxygens (including phenoxy) is 1. The van der Waals surface area contributed by atoms with E-state index in [9.17, 15) is 4.79 Å². The highest BCUT2D eigenvalue weighted by Gasteiger charge is 2.02. The van der Waals surface area contributed by atoms with Crippen molar-refractivity contribution in [3.63, 3.8) is 0 Å². The number of nitrogens with one attached hydrogen (secondary N) is 1. The fourth-order valence-corrected chi connectivity index (χ4v) is 1.89. The minimum Gasteiger partial charge on any atom is -0.469 e. The second-order valence-electron chi connectivity index (χ2n) is 4.91. The smallest absolute Gasteiger partial charge is 0.305 e. The summed E-state index contributed by atoms with van der Waals surface area (Å²) in [5.74, 6) is 0.488. The Hall–Kier alpha value is -1.35. The zero-order valence-corrected chi connectivity index (χ0v) is 12.2. The minimum absolute atomic E-state index is 0.139. The van der Waals surface area contributed by atoms with Crippen molar-refractivity contribution in [2.75, 3.05) is 13.7 Å². The molecular formula is C16H25NO2. The van der Waals surface area contributed by atoms with Crippen LogP contribution in [0.5, 0.6) is 0 Å². The van der Waals surface area contributed by atoms with Gasteiger partial charge in [-0.15, -0.1) is 0 Å².